The van der Waals surface area contributed by atoms with Gasteiger partial charge in [0.2, 0.25) is 0 Å². The second-order valence-electron chi connectivity index (χ2n) is 3.43. The van der Waals surface area contributed by atoms with Gasteiger partial charge in [-0.05, 0) is 55.6 Å². The lowest BCUT2D eigenvalue weighted by Crippen LogP contribution is -1.96. The molecule has 0 heterocycles. The summed E-state index contributed by atoms with van der Waals surface area (Å²) >= 11 is 0. The molecule has 0 fully saturated rings. The van der Waals surface area contributed by atoms with Gasteiger partial charge in [0.25, 0.3) is 0 Å². The van der Waals surface area contributed by atoms with Crippen molar-refractivity contribution in [2.24, 2.45) is 5.73 Å². The predicted molar refractivity (Wildman–Crippen MR) is 58.5 cm³/mol. The van der Waals surface area contributed by atoms with Crippen LogP contribution < -0.4 is 5.73 Å². The first kappa shape index (κ1) is 10.9. The van der Waals surface area contributed by atoms with E-state index in [-0.39, 0.29) is 5.82 Å². The zero-order valence-corrected chi connectivity index (χ0v) is 8.68. The first-order chi connectivity index (χ1) is 6.65. The number of halogens is 1. The van der Waals surface area contributed by atoms with Gasteiger partial charge in [-0.1, -0.05) is 12.1 Å². The van der Waals surface area contributed by atoms with E-state index < -0.39 is 0 Å². The second kappa shape index (κ2) is 4.91. The van der Waals surface area contributed by atoms with E-state index in [2.05, 4.69) is 6.08 Å². The van der Waals surface area contributed by atoms with E-state index in [1.807, 2.05) is 13.0 Å². The van der Waals surface area contributed by atoms with E-state index in [1.165, 1.54) is 6.07 Å². The third kappa shape index (κ3) is 2.67. The van der Waals surface area contributed by atoms with Crippen LogP contribution in [0.3, 0.4) is 0 Å². The molecule has 0 bridgehead atoms. The van der Waals surface area contributed by atoms with Crippen LogP contribution in [0.5, 0.6) is 0 Å². The molecule has 0 saturated carbocycles. The van der Waals surface area contributed by atoms with E-state index >= 15 is 0 Å². The fourth-order valence-electron chi connectivity index (χ4n) is 1.31. The summed E-state index contributed by atoms with van der Waals surface area (Å²) in [5.74, 6) is -0.152. The van der Waals surface area contributed by atoms with Gasteiger partial charge in [0, 0.05) is 0 Å². The highest BCUT2D eigenvalue weighted by Crippen LogP contribution is 2.17. The van der Waals surface area contributed by atoms with Crippen LogP contribution in [0.1, 0.15) is 24.5 Å². The maximum atomic E-state index is 13.0. The zero-order valence-electron chi connectivity index (χ0n) is 8.68. The Labute approximate surface area is 84.4 Å². The summed E-state index contributed by atoms with van der Waals surface area (Å²) in [6.07, 6.45) is 2.94. The highest BCUT2D eigenvalue weighted by Gasteiger charge is 1.99. The summed E-state index contributed by atoms with van der Waals surface area (Å²) in [7, 11) is 0. The van der Waals surface area contributed by atoms with Gasteiger partial charge in [-0.2, -0.15) is 0 Å². The average Bonchev–Trinajstić information content (AvgIpc) is 2.18. The van der Waals surface area contributed by atoms with E-state index in [4.69, 9.17) is 5.73 Å². The van der Waals surface area contributed by atoms with Crippen LogP contribution in [0.4, 0.5) is 4.39 Å². The summed E-state index contributed by atoms with van der Waals surface area (Å²) in [4.78, 5) is 0. The summed E-state index contributed by atoms with van der Waals surface area (Å²) in [6.45, 7) is 4.44. The standard InChI is InChI=1S/C12H16FN/c1-9(4-3-7-14)11-5-6-12(13)10(2)8-11/h4-6,8H,3,7,14H2,1-2H3/b9-4-. The average molecular weight is 193 g/mol. The van der Waals surface area contributed by atoms with Gasteiger partial charge in [0.1, 0.15) is 5.82 Å². The fourth-order valence-corrected chi connectivity index (χ4v) is 1.31. The van der Waals surface area contributed by atoms with E-state index in [0.29, 0.717) is 12.1 Å². The molecule has 0 saturated heterocycles. The molecule has 76 valence electrons. The molecule has 0 atom stereocenters. The minimum absolute atomic E-state index is 0.152. The Morgan fingerprint density at radius 2 is 2.21 bits per heavy atom. The zero-order chi connectivity index (χ0) is 10.6. The Balaban J connectivity index is 2.91. The van der Waals surface area contributed by atoms with Crippen LogP contribution in [-0.4, -0.2) is 6.54 Å². The number of nitrogens with two attached hydrogens (primary N) is 1. The first-order valence-electron chi connectivity index (χ1n) is 4.78. The minimum atomic E-state index is -0.152. The lowest BCUT2D eigenvalue weighted by atomic mass is 10.0. The molecular weight excluding hydrogens is 177 g/mol. The molecule has 0 aromatic heterocycles. The molecule has 2 N–H and O–H groups in total. The quantitative estimate of drug-likeness (QED) is 0.784. The molecule has 1 rings (SSSR count). The molecule has 0 aliphatic heterocycles. The van der Waals surface area contributed by atoms with Crippen LogP contribution >= 0.6 is 0 Å². The van der Waals surface area contributed by atoms with Gasteiger partial charge in [-0.3, -0.25) is 0 Å². The SMILES string of the molecule is C/C(=C/CCN)c1ccc(F)c(C)c1. The Bertz CT molecular complexity index is 342. The monoisotopic (exact) mass is 193 g/mol. The molecule has 0 spiro atoms. The van der Waals surface area contributed by atoms with Crippen molar-refractivity contribution < 1.29 is 4.39 Å². The van der Waals surface area contributed by atoms with Gasteiger partial charge in [-0.25, -0.2) is 4.39 Å². The van der Waals surface area contributed by atoms with Gasteiger partial charge in [0.05, 0.1) is 0 Å². The maximum Gasteiger partial charge on any atom is 0.126 e. The van der Waals surface area contributed by atoms with Crippen molar-refractivity contribution in [3.63, 3.8) is 0 Å². The number of hydrogen-bond acceptors (Lipinski definition) is 1. The summed E-state index contributed by atoms with van der Waals surface area (Å²) in [5.41, 5.74) is 8.31. The topological polar surface area (TPSA) is 26.0 Å². The molecule has 1 nitrogen and oxygen atoms in total. The molecule has 0 aliphatic rings. The normalized spacial score (nSPS) is 11.9. The molecule has 2 heteroatoms. The van der Waals surface area contributed by atoms with Crippen molar-refractivity contribution in [3.8, 4) is 0 Å². The molecule has 14 heavy (non-hydrogen) atoms. The lowest BCUT2D eigenvalue weighted by Gasteiger charge is -2.03. The minimum Gasteiger partial charge on any atom is -0.330 e. The number of hydrogen-bond donors (Lipinski definition) is 1. The fraction of sp³-hybridized carbons (Fsp3) is 0.333. The molecule has 0 amide bonds. The molecular formula is C12H16FN. The van der Waals surface area contributed by atoms with Crippen LogP contribution in [0, 0.1) is 12.7 Å². The number of benzene rings is 1. The van der Waals surface area contributed by atoms with Crippen molar-refractivity contribution in [2.75, 3.05) is 6.54 Å². The van der Waals surface area contributed by atoms with Gasteiger partial charge >= 0.3 is 0 Å². The highest BCUT2D eigenvalue weighted by atomic mass is 19.1. The first-order valence-corrected chi connectivity index (χ1v) is 4.78. The number of allylic oxidation sites excluding steroid dienone is 1. The van der Waals surface area contributed by atoms with Crippen molar-refractivity contribution >= 4 is 5.57 Å². The molecule has 0 unspecified atom stereocenters. The van der Waals surface area contributed by atoms with Crippen LogP contribution in [-0.2, 0) is 0 Å². The van der Waals surface area contributed by atoms with Gasteiger partial charge < -0.3 is 5.73 Å². The third-order valence-corrected chi connectivity index (χ3v) is 2.23. The van der Waals surface area contributed by atoms with Gasteiger partial charge in [-0.15, -0.1) is 0 Å². The lowest BCUT2D eigenvalue weighted by molar-refractivity contribution is 0.618. The Kier molecular flexibility index (Phi) is 3.84. The molecule has 1 aromatic carbocycles. The van der Waals surface area contributed by atoms with Crippen molar-refractivity contribution in [1.82, 2.24) is 0 Å². The number of rotatable bonds is 3. The van der Waals surface area contributed by atoms with E-state index in [0.717, 1.165) is 17.6 Å². The van der Waals surface area contributed by atoms with Crippen molar-refractivity contribution in [2.45, 2.75) is 20.3 Å². The largest absolute Gasteiger partial charge is 0.330 e. The predicted octanol–water partition coefficient (Wildman–Crippen LogP) is 2.89. The third-order valence-electron chi connectivity index (χ3n) is 2.23. The smallest absolute Gasteiger partial charge is 0.126 e. The van der Waals surface area contributed by atoms with Crippen LogP contribution in [0.15, 0.2) is 24.3 Å². The van der Waals surface area contributed by atoms with Crippen molar-refractivity contribution in [1.29, 1.82) is 0 Å². The highest BCUT2D eigenvalue weighted by molar-refractivity contribution is 5.64. The molecule has 1 aromatic rings. The Morgan fingerprint density at radius 1 is 1.50 bits per heavy atom. The summed E-state index contributed by atoms with van der Waals surface area (Å²) in [6, 6.07) is 5.16. The van der Waals surface area contributed by atoms with Crippen molar-refractivity contribution in [3.05, 3.63) is 41.2 Å². The van der Waals surface area contributed by atoms with Crippen LogP contribution in [0.25, 0.3) is 5.57 Å². The number of aryl methyl sites for hydroxylation is 1. The maximum absolute atomic E-state index is 13.0. The second-order valence-corrected chi connectivity index (χ2v) is 3.43. The van der Waals surface area contributed by atoms with E-state index in [1.54, 1.807) is 13.0 Å². The Morgan fingerprint density at radius 3 is 2.79 bits per heavy atom. The summed E-state index contributed by atoms with van der Waals surface area (Å²) < 4.78 is 13.0. The molecule has 0 aliphatic carbocycles. The summed E-state index contributed by atoms with van der Waals surface area (Å²) in [5, 5.41) is 0. The van der Waals surface area contributed by atoms with E-state index in [9.17, 15) is 4.39 Å². The molecule has 0 radical (unpaired) electrons. The Hall–Kier alpha value is -1.15. The van der Waals surface area contributed by atoms with Crippen LogP contribution in [0.2, 0.25) is 0 Å². The van der Waals surface area contributed by atoms with Gasteiger partial charge in [0.15, 0.2) is 0 Å².